The highest BCUT2D eigenvalue weighted by Gasteiger charge is 2.50. The SMILES string of the molecule is NC(=O)[C@@H]1[C@@H](C(=O)O)[C@@H]2C=C[C@@H]1C2. The minimum Gasteiger partial charge on any atom is -0.481 e. The van der Waals surface area contributed by atoms with Crippen LogP contribution in [0, 0.1) is 23.7 Å². The monoisotopic (exact) mass is 181 g/mol. The number of hydrogen-bond donors (Lipinski definition) is 2. The lowest BCUT2D eigenvalue weighted by Crippen LogP contribution is -2.36. The van der Waals surface area contributed by atoms with E-state index in [2.05, 4.69) is 0 Å². The number of rotatable bonds is 2. The van der Waals surface area contributed by atoms with Gasteiger partial charge in [0.1, 0.15) is 0 Å². The second-order valence-electron chi connectivity index (χ2n) is 3.74. The molecule has 0 aromatic carbocycles. The molecule has 2 aliphatic carbocycles. The number of primary amides is 1. The molecule has 1 amide bonds. The van der Waals surface area contributed by atoms with Crippen molar-refractivity contribution < 1.29 is 14.7 Å². The van der Waals surface area contributed by atoms with Crippen LogP contribution in [0.3, 0.4) is 0 Å². The number of aliphatic carboxylic acids is 1. The van der Waals surface area contributed by atoms with Crippen molar-refractivity contribution >= 4 is 11.9 Å². The molecule has 4 atom stereocenters. The lowest BCUT2D eigenvalue weighted by Gasteiger charge is -2.21. The van der Waals surface area contributed by atoms with Crippen molar-refractivity contribution in [3.05, 3.63) is 12.2 Å². The maximum absolute atomic E-state index is 11.0. The maximum Gasteiger partial charge on any atom is 0.307 e. The van der Waals surface area contributed by atoms with Crippen LogP contribution in [-0.2, 0) is 9.59 Å². The summed E-state index contributed by atoms with van der Waals surface area (Å²) >= 11 is 0. The first-order valence-electron chi connectivity index (χ1n) is 4.31. The smallest absolute Gasteiger partial charge is 0.307 e. The Morgan fingerprint density at radius 2 is 1.77 bits per heavy atom. The van der Waals surface area contributed by atoms with Crippen molar-refractivity contribution in [1.29, 1.82) is 0 Å². The Hall–Kier alpha value is -1.32. The minimum absolute atomic E-state index is 0.0139. The van der Waals surface area contributed by atoms with Gasteiger partial charge in [-0.05, 0) is 18.3 Å². The van der Waals surface area contributed by atoms with Crippen LogP contribution in [0.2, 0.25) is 0 Å². The second kappa shape index (κ2) is 2.58. The van der Waals surface area contributed by atoms with Gasteiger partial charge in [-0.25, -0.2) is 0 Å². The first-order valence-corrected chi connectivity index (χ1v) is 4.31. The number of nitrogens with two attached hydrogens (primary N) is 1. The largest absolute Gasteiger partial charge is 0.481 e. The summed E-state index contributed by atoms with van der Waals surface area (Å²) in [6.45, 7) is 0. The van der Waals surface area contributed by atoms with E-state index in [0.29, 0.717) is 0 Å². The number of carbonyl (C=O) groups is 2. The molecule has 13 heavy (non-hydrogen) atoms. The summed E-state index contributed by atoms with van der Waals surface area (Å²) in [5.74, 6) is -2.39. The normalized spacial score (nSPS) is 40.9. The number of hydrogen-bond acceptors (Lipinski definition) is 2. The Morgan fingerprint density at radius 3 is 2.15 bits per heavy atom. The molecule has 0 radical (unpaired) electrons. The fraction of sp³-hybridized carbons (Fsp3) is 0.556. The third-order valence-corrected chi connectivity index (χ3v) is 3.07. The van der Waals surface area contributed by atoms with Gasteiger partial charge < -0.3 is 10.8 Å². The zero-order chi connectivity index (χ0) is 9.59. The zero-order valence-electron chi connectivity index (χ0n) is 7.01. The predicted molar refractivity (Wildman–Crippen MR) is 44.5 cm³/mol. The molecule has 0 aromatic rings. The Balaban J connectivity index is 2.30. The van der Waals surface area contributed by atoms with Crippen LogP contribution in [0.1, 0.15) is 6.42 Å². The molecule has 0 unspecified atom stereocenters. The molecule has 3 N–H and O–H groups in total. The van der Waals surface area contributed by atoms with Gasteiger partial charge in [0.25, 0.3) is 0 Å². The summed E-state index contributed by atoms with van der Waals surface area (Å²) in [7, 11) is 0. The predicted octanol–water partition coefficient (Wildman–Crippen LogP) is -0.00540. The van der Waals surface area contributed by atoms with Crippen LogP contribution in [0.5, 0.6) is 0 Å². The van der Waals surface area contributed by atoms with Crippen molar-refractivity contribution in [2.75, 3.05) is 0 Å². The van der Waals surface area contributed by atoms with Crippen LogP contribution >= 0.6 is 0 Å². The van der Waals surface area contributed by atoms with Gasteiger partial charge in [0.2, 0.25) is 5.91 Å². The van der Waals surface area contributed by atoms with Crippen molar-refractivity contribution in [3.63, 3.8) is 0 Å². The Morgan fingerprint density at radius 1 is 1.23 bits per heavy atom. The molecular weight excluding hydrogens is 170 g/mol. The summed E-state index contributed by atoms with van der Waals surface area (Å²) in [6, 6.07) is 0. The Kier molecular flexibility index (Phi) is 1.65. The molecule has 0 aliphatic heterocycles. The van der Waals surface area contributed by atoms with Gasteiger partial charge in [-0.3, -0.25) is 9.59 Å². The third kappa shape index (κ3) is 1.05. The number of amides is 1. The Labute approximate surface area is 75.4 Å². The average Bonchev–Trinajstić information content (AvgIpc) is 2.60. The highest BCUT2D eigenvalue weighted by atomic mass is 16.4. The third-order valence-electron chi connectivity index (χ3n) is 3.07. The van der Waals surface area contributed by atoms with Crippen LogP contribution in [0.15, 0.2) is 12.2 Å². The van der Waals surface area contributed by atoms with E-state index in [9.17, 15) is 9.59 Å². The topological polar surface area (TPSA) is 80.4 Å². The number of allylic oxidation sites excluding steroid dienone is 2. The second-order valence-corrected chi connectivity index (χ2v) is 3.74. The van der Waals surface area contributed by atoms with Gasteiger partial charge in [0.05, 0.1) is 11.8 Å². The fourth-order valence-corrected chi connectivity index (χ4v) is 2.55. The minimum atomic E-state index is -0.902. The molecule has 0 spiro atoms. The van der Waals surface area contributed by atoms with E-state index in [1.54, 1.807) is 0 Å². The molecule has 0 saturated heterocycles. The number of carboxylic acid groups (broad SMARTS) is 1. The van der Waals surface area contributed by atoms with Crippen molar-refractivity contribution in [2.45, 2.75) is 6.42 Å². The van der Waals surface area contributed by atoms with E-state index in [4.69, 9.17) is 10.8 Å². The highest BCUT2D eigenvalue weighted by Crippen LogP contribution is 2.47. The molecule has 4 nitrogen and oxygen atoms in total. The van der Waals surface area contributed by atoms with E-state index in [1.807, 2.05) is 12.2 Å². The molecule has 0 aromatic heterocycles. The van der Waals surface area contributed by atoms with Crippen molar-refractivity contribution in [1.82, 2.24) is 0 Å². The van der Waals surface area contributed by atoms with E-state index in [0.717, 1.165) is 6.42 Å². The first kappa shape index (κ1) is 8.29. The number of fused-ring (bicyclic) bond motifs is 2. The summed E-state index contributed by atoms with van der Waals surface area (Å²) in [4.78, 5) is 21.9. The van der Waals surface area contributed by atoms with Crippen LogP contribution < -0.4 is 5.73 Å². The van der Waals surface area contributed by atoms with E-state index >= 15 is 0 Å². The van der Waals surface area contributed by atoms with Gasteiger partial charge in [-0.2, -0.15) is 0 Å². The van der Waals surface area contributed by atoms with Crippen LogP contribution in [0.25, 0.3) is 0 Å². The van der Waals surface area contributed by atoms with Gasteiger partial charge >= 0.3 is 5.97 Å². The molecule has 4 heteroatoms. The van der Waals surface area contributed by atoms with Crippen LogP contribution in [0.4, 0.5) is 0 Å². The first-order chi connectivity index (χ1) is 6.11. The van der Waals surface area contributed by atoms with E-state index in [-0.39, 0.29) is 11.8 Å². The summed E-state index contributed by atoms with van der Waals surface area (Å²) in [6.07, 6.45) is 4.58. The van der Waals surface area contributed by atoms with Gasteiger partial charge in [0, 0.05) is 0 Å². The number of carbonyl (C=O) groups excluding carboxylic acids is 1. The molecule has 1 fully saturated rings. The highest BCUT2D eigenvalue weighted by molar-refractivity contribution is 5.85. The quantitative estimate of drug-likeness (QED) is 0.588. The molecular formula is C9H11NO3. The molecule has 2 rings (SSSR count). The average molecular weight is 181 g/mol. The molecule has 0 heterocycles. The molecule has 2 aliphatic rings. The van der Waals surface area contributed by atoms with Crippen LogP contribution in [-0.4, -0.2) is 17.0 Å². The van der Waals surface area contributed by atoms with Gasteiger partial charge in [-0.15, -0.1) is 0 Å². The van der Waals surface area contributed by atoms with E-state index in [1.165, 1.54) is 0 Å². The standard InChI is InChI=1S/C9H11NO3/c10-8(11)6-4-1-2-5(3-4)7(6)9(12)13/h1-2,4-7H,3H2,(H2,10,11)(H,12,13)/t4-,5-,6+,7+/m1/s1. The zero-order valence-corrected chi connectivity index (χ0v) is 7.01. The van der Waals surface area contributed by atoms with Gasteiger partial charge in [0.15, 0.2) is 0 Å². The van der Waals surface area contributed by atoms with Gasteiger partial charge in [-0.1, -0.05) is 12.2 Å². The summed E-state index contributed by atoms with van der Waals surface area (Å²) in [5, 5.41) is 8.91. The Bertz CT molecular complexity index is 269. The van der Waals surface area contributed by atoms with E-state index < -0.39 is 23.7 Å². The lowest BCUT2D eigenvalue weighted by atomic mass is 9.83. The maximum atomic E-state index is 11.0. The molecule has 1 saturated carbocycles. The van der Waals surface area contributed by atoms with Crippen molar-refractivity contribution in [2.24, 2.45) is 29.4 Å². The summed E-state index contributed by atoms with van der Waals surface area (Å²) in [5.41, 5.74) is 5.18. The lowest BCUT2D eigenvalue weighted by molar-refractivity contribution is -0.147. The molecule has 2 bridgehead atoms. The number of carboxylic acids is 1. The fourth-order valence-electron chi connectivity index (χ4n) is 2.55. The molecule has 70 valence electrons. The summed E-state index contributed by atoms with van der Waals surface area (Å²) < 4.78 is 0. The van der Waals surface area contributed by atoms with Crippen molar-refractivity contribution in [3.8, 4) is 0 Å².